The van der Waals surface area contributed by atoms with Crippen LogP contribution in [0, 0.1) is 11.8 Å². The highest BCUT2D eigenvalue weighted by molar-refractivity contribution is 7.14. The molecule has 2 aromatic rings. The van der Waals surface area contributed by atoms with Crippen molar-refractivity contribution in [3.05, 3.63) is 47.9 Å². The van der Waals surface area contributed by atoms with Gasteiger partial charge in [0.1, 0.15) is 5.92 Å². The number of ether oxygens (including phenoxy) is 1. The van der Waals surface area contributed by atoms with Crippen LogP contribution in [0.5, 0.6) is 0 Å². The average Bonchev–Trinajstić information content (AvgIpc) is 3.30. The number of hydrogen-bond donors (Lipinski definition) is 2. The summed E-state index contributed by atoms with van der Waals surface area (Å²) >= 11 is 1.31. The van der Waals surface area contributed by atoms with Crippen LogP contribution in [0.1, 0.15) is 0 Å². The zero-order chi connectivity index (χ0) is 16.7. The van der Waals surface area contributed by atoms with Crippen LogP contribution < -0.4 is 5.32 Å². The molecule has 6 nitrogen and oxygen atoms in total. The van der Waals surface area contributed by atoms with Crippen molar-refractivity contribution in [1.29, 1.82) is 0 Å². The van der Waals surface area contributed by atoms with Crippen molar-refractivity contribution < 1.29 is 19.4 Å². The van der Waals surface area contributed by atoms with Crippen molar-refractivity contribution in [3.63, 3.8) is 0 Å². The lowest BCUT2D eigenvalue weighted by Crippen LogP contribution is -2.39. The fraction of sp³-hybridized carbons (Fsp3) is 0.235. The van der Waals surface area contributed by atoms with Gasteiger partial charge in [-0.25, -0.2) is 4.98 Å². The Morgan fingerprint density at radius 1 is 1.12 bits per heavy atom. The number of aromatic nitrogens is 1. The molecule has 24 heavy (non-hydrogen) atoms. The van der Waals surface area contributed by atoms with Crippen molar-refractivity contribution in [1.82, 2.24) is 4.98 Å². The number of rotatable bonds is 4. The van der Waals surface area contributed by atoms with E-state index in [1.165, 1.54) is 11.3 Å². The Morgan fingerprint density at radius 3 is 2.54 bits per heavy atom. The van der Waals surface area contributed by atoms with Crippen LogP contribution in [0.3, 0.4) is 0 Å². The van der Waals surface area contributed by atoms with E-state index in [2.05, 4.69) is 10.3 Å². The van der Waals surface area contributed by atoms with Gasteiger partial charge in [-0.2, -0.15) is 0 Å². The number of carbonyl (C=O) groups excluding carboxylic acids is 1. The van der Waals surface area contributed by atoms with Crippen molar-refractivity contribution in [2.24, 2.45) is 11.8 Å². The van der Waals surface area contributed by atoms with Gasteiger partial charge in [-0.3, -0.25) is 9.59 Å². The van der Waals surface area contributed by atoms with E-state index >= 15 is 0 Å². The molecule has 0 radical (unpaired) electrons. The number of thiazole rings is 1. The molecule has 2 bridgehead atoms. The van der Waals surface area contributed by atoms with E-state index in [4.69, 9.17) is 4.74 Å². The van der Waals surface area contributed by atoms with Gasteiger partial charge in [-0.05, 0) is 0 Å². The minimum Gasteiger partial charge on any atom is -0.481 e. The van der Waals surface area contributed by atoms with Gasteiger partial charge >= 0.3 is 5.97 Å². The summed E-state index contributed by atoms with van der Waals surface area (Å²) < 4.78 is 5.52. The summed E-state index contributed by atoms with van der Waals surface area (Å²) in [6, 6.07) is 9.64. The fourth-order valence-corrected chi connectivity index (χ4v) is 3.90. The molecule has 2 N–H and O–H groups in total. The molecule has 2 aliphatic heterocycles. The lowest BCUT2D eigenvalue weighted by atomic mass is 9.82. The molecule has 1 aromatic carbocycles. The quantitative estimate of drug-likeness (QED) is 0.833. The van der Waals surface area contributed by atoms with E-state index < -0.39 is 30.0 Å². The summed E-state index contributed by atoms with van der Waals surface area (Å²) in [6.45, 7) is 0. The number of fused-ring (bicyclic) bond motifs is 2. The minimum atomic E-state index is -1.02. The summed E-state index contributed by atoms with van der Waals surface area (Å²) in [7, 11) is 0. The Labute approximate surface area is 141 Å². The van der Waals surface area contributed by atoms with E-state index in [-0.39, 0.29) is 5.91 Å². The number of carboxylic acid groups (broad SMARTS) is 1. The van der Waals surface area contributed by atoms with Crippen LogP contribution in [-0.2, 0) is 14.3 Å². The first-order chi connectivity index (χ1) is 11.6. The monoisotopic (exact) mass is 342 g/mol. The van der Waals surface area contributed by atoms with Gasteiger partial charge < -0.3 is 15.2 Å². The molecule has 0 unspecified atom stereocenters. The Kier molecular flexibility index (Phi) is 3.66. The lowest BCUT2D eigenvalue weighted by Gasteiger charge is -2.20. The van der Waals surface area contributed by atoms with Gasteiger partial charge in [0.2, 0.25) is 5.91 Å². The maximum atomic E-state index is 12.5. The highest BCUT2D eigenvalue weighted by Crippen LogP contribution is 2.40. The Balaban J connectivity index is 1.52. The van der Waals surface area contributed by atoms with E-state index in [1.807, 2.05) is 35.7 Å². The van der Waals surface area contributed by atoms with Crippen molar-refractivity contribution in [2.45, 2.75) is 12.2 Å². The van der Waals surface area contributed by atoms with Crippen LogP contribution in [0.2, 0.25) is 0 Å². The summed E-state index contributed by atoms with van der Waals surface area (Å²) in [6.07, 6.45) is 2.46. The second-order valence-electron chi connectivity index (χ2n) is 5.73. The first-order valence-corrected chi connectivity index (χ1v) is 8.40. The molecule has 2 aliphatic rings. The second kappa shape index (κ2) is 5.85. The van der Waals surface area contributed by atoms with E-state index in [9.17, 15) is 14.7 Å². The van der Waals surface area contributed by atoms with Gasteiger partial charge in [-0.1, -0.05) is 42.5 Å². The number of carboxylic acids is 1. The summed E-state index contributed by atoms with van der Waals surface area (Å²) in [5.41, 5.74) is 1.73. The molecule has 1 fully saturated rings. The van der Waals surface area contributed by atoms with E-state index in [0.29, 0.717) is 5.13 Å². The van der Waals surface area contributed by atoms with Gasteiger partial charge in [0, 0.05) is 10.9 Å². The SMILES string of the molecule is O=C(O)[C@@H]1[C@@H](C(=O)Nc2nc(-c3ccccc3)cs2)[C@H]2C=C[C@H]1O2. The molecule has 122 valence electrons. The summed E-state index contributed by atoms with van der Waals surface area (Å²) in [5.74, 6) is -2.97. The Bertz CT molecular complexity index is 817. The third-order valence-electron chi connectivity index (χ3n) is 4.29. The van der Waals surface area contributed by atoms with Crippen LogP contribution >= 0.6 is 11.3 Å². The van der Waals surface area contributed by atoms with Crippen molar-refractivity contribution in [3.8, 4) is 11.3 Å². The molecule has 0 saturated carbocycles. The van der Waals surface area contributed by atoms with Gasteiger partial charge in [-0.15, -0.1) is 11.3 Å². The average molecular weight is 342 g/mol. The molecule has 4 atom stereocenters. The van der Waals surface area contributed by atoms with E-state index in [1.54, 1.807) is 12.2 Å². The fourth-order valence-electron chi connectivity index (χ4n) is 3.18. The van der Waals surface area contributed by atoms with Crippen LogP contribution in [-0.4, -0.2) is 34.2 Å². The number of nitrogens with zero attached hydrogens (tertiary/aromatic N) is 1. The molecule has 7 heteroatoms. The predicted octanol–water partition coefficient (Wildman–Crippen LogP) is 2.40. The van der Waals surface area contributed by atoms with E-state index in [0.717, 1.165) is 11.3 Å². The first-order valence-electron chi connectivity index (χ1n) is 7.52. The number of benzene rings is 1. The molecule has 3 heterocycles. The molecule has 0 spiro atoms. The molecular weight excluding hydrogens is 328 g/mol. The predicted molar refractivity (Wildman–Crippen MR) is 88.6 cm³/mol. The number of anilines is 1. The lowest BCUT2D eigenvalue weighted by molar-refractivity contribution is -0.145. The molecule has 4 rings (SSSR count). The van der Waals surface area contributed by atoms with Crippen LogP contribution in [0.4, 0.5) is 5.13 Å². The highest BCUT2D eigenvalue weighted by atomic mass is 32.1. The molecule has 1 amide bonds. The third-order valence-corrected chi connectivity index (χ3v) is 5.05. The standard InChI is InChI=1S/C17H14N2O4S/c20-15(13-11-6-7-12(23-11)14(13)16(21)22)19-17-18-10(8-24-17)9-4-2-1-3-5-9/h1-8,11-14H,(H,21,22)(H,18,19,20)/t11-,12-,13+,14+/m1/s1. The number of carbonyl (C=O) groups is 2. The van der Waals surface area contributed by atoms with Gasteiger partial charge in [0.25, 0.3) is 0 Å². The number of hydrogen-bond acceptors (Lipinski definition) is 5. The number of nitrogens with one attached hydrogen (secondary N) is 1. The summed E-state index contributed by atoms with van der Waals surface area (Å²) in [5, 5.41) is 14.4. The zero-order valence-electron chi connectivity index (χ0n) is 12.5. The third kappa shape index (κ3) is 2.51. The van der Waals surface area contributed by atoms with Crippen LogP contribution in [0.15, 0.2) is 47.9 Å². The summed E-state index contributed by atoms with van der Waals surface area (Å²) in [4.78, 5) is 28.4. The maximum Gasteiger partial charge on any atom is 0.310 e. The van der Waals surface area contributed by atoms with Crippen molar-refractivity contribution in [2.75, 3.05) is 5.32 Å². The van der Waals surface area contributed by atoms with Crippen LogP contribution in [0.25, 0.3) is 11.3 Å². The zero-order valence-corrected chi connectivity index (χ0v) is 13.3. The Hall–Kier alpha value is -2.51. The van der Waals surface area contributed by atoms with Gasteiger partial charge in [0.15, 0.2) is 5.13 Å². The van der Waals surface area contributed by atoms with Crippen molar-refractivity contribution >= 4 is 28.3 Å². The normalized spacial score (nSPS) is 27.3. The Morgan fingerprint density at radius 2 is 1.83 bits per heavy atom. The first kappa shape index (κ1) is 15.0. The maximum absolute atomic E-state index is 12.5. The second-order valence-corrected chi connectivity index (χ2v) is 6.59. The smallest absolute Gasteiger partial charge is 0.310 e. The number of aliphatic carboxylic acids is 1. The molecular formula is C17H14N2O4S. The van der Waals surface area contributed by atoms with Gasteiger partial charge in [0.05, 0.1) is 23.8 Å². The topological polar surface area (TPSA) is 88.5 Å². The largest absolute Gasteiger partial charge is 0.481 e. The highest BCUT2D eigenvalue weighted by Gasteiger charge is 2.53. The minimum absolute atomic E-state index is 0.367. The number of amides is 1. The molecule has 0 aliphatic carbocycles. The molecule has 1 aromatic heterocycles. The molecule has 1 saturated heterocycles.